The van der Waals surface area contributed by atoms with Gasteiger partial charge in [0.25, 0.3) is 0 Å². The Balaban J connectivity index is 1.53. The zero-order valence-electron chi connectivity index (χ0n) is 11.8. The van der Waals surface area contributed by atoms with E-state index in [0.29, 0.717) is 12.2 Å². The van der Waals surface area contributed by atoms with Crippen LogP contribution >= 0.6 is 0 Å². The molecule has 1 aliphatic carbocycles. The van der Waals surface area contributed by atoms with Crippen molar-refractivity contribution < 1.29 is 4.74 Å². The highest BCUT2D eigenvalue weighted by atomic mass is 16.5. The minimum absolute atomic E-state index is 0.487. The predicted molar refractivity (Wildman–Crippen MR) is 77.6 cm³/mol. The number of nitrogens with zero attached hydrogens (tertiary/aromatic N) is 2. The highest BCUT2D eigenvalue weighted by Gasteiger charge is 2.25. The van der Waals surface area contributed by atoms with Gasteiger partial charge in [0.2, 0.25) is 0 Å². The number of aryl methyl sites for hydroxylation is 1. The molecule has 19 heavy (non-hydrogen) atoms. The Kier molecular flexibility index (Phi) is 4.02. The highest BCUT2D eigenvalue weighted by Crippen LogP contribution is 2.27. The molecule has 0 bridgehead atoms. The fourth-order valence-electron chi connectivity index (χ4n) is 3.35. The van der Waals surface area contributed by atoms with Crippen LogP contribution in [0.4, 0.5) is 5.69 Å². The Labute approximate surface area is 116 Å². The number of piperidine rings is 1. The van der Waals surface area contributed by atoms with Gasteiger partial charge in [-0.3, -0.25) is 4.98 Å². The minimum atomic E-state index is 0.487. The van der Waals surface area contributed by atoms with Crippen LogP contribution in [-0.2, 0) is 4.74 Å². The van der Waals surface area contributed by atoms with Gasteiger partial charge in [-0.25, -0.2) is 0 Å². The lowest BCUT2D eigenvalue weighted by molar-refractivity contribution is -0.0194. The van der Waals surface area contributed by atoms with E-state index in [4.69, 9.17) is 4.74 Å². The first-order valence-corrected chi connectivity index (χ1v) is 7.64. The van der Waals surface area contributed by atoms with Crippen molar-refractivity contribution in [3.63, 3.8) is 0 Å². The molecule has 2 aliphatic rings. The molecule has 0 atom stereocenters. The van der Waals surface area contributed by atoms with Crippen molar-refractivity contribution in [3.8, 4) is 0 Å². The van der Waals surface area contributed by atoms with Gasteiger partial charge >= 0.3 is 0 Å². The molecule has 3 nitrogen and oxygen atoms in total. The van der Waals surface area contributed by atoms with Crippen molar-refractivity contribution in [1.29, 1.82) is 0 Å². The molecule has 0 spiro atoms. The Morgan fingerprint density at radius 1 is 1.11 bits per heavy atom. The van der Waals surface area contributed by atoms with E-state index < -0.39 is 0 Å². The Bertz CT molecular complexity index is 407. The summed E-state index contributed by atoms with van der Waals surface area (Å²) in [6.45, 7) is 4.37. The molecule has 3 rings (SSSR count). The van der Waals surface area contributed by atoms with Crippen molar-refractivity contribution >= 4 is 5.69 Å². The highest BCUT2D eigenvalue weighted by molar-refractivity contribution is 5.51. The van der Waals surface area contributed by atoms with Gasteiger partial charge in [0.1, 0.15) is 0 Å². The summed E-state index contributed by atoms with van der Waals surface area (Å²) in [6, 6.07) is 2.13. The number of hydrogen-bond donors (Lipinski definition) is 0. The summed E-state index contributed by atoms with van der Waals surface area (Å²) in [5.41, 5.74) is 2.62. The molecule has 104 valence electrons. The van der Waals surface area contributed by atoms with Crippen molar-refractivity contribution in [3.05, 3.63) is 24.0 Å². The molecule has 0 amide bonds. The normalized spacial score (nSPS) is 22.1. The predicted octanol–water partition coefficient (Wildman–Crippen LogP) is 3.32. The van der Waals surface area contributed by atoms with Gasteiger partial charge in [-0.15, -0.1) is 0 Å². The molecule has 2 heterocycles. The van der Waals surface area contributed by atoms with Gasteiger partial charge in [-0.2, -0.15) is 0 Å². The molecule has 2 fully saturated rings. The smallest absolute Gasteiger partial charge is 0.0612 e. The van der Waals surface area contributed by atoms with E-state index in [9.17, 15) is 0 Å². The molecule has 3 heteroatoms. The SMILES string of the molecule is Cc1cnccc1N1CCC(OC2CCCC2)CC1. The first kappa shape index (κ1) is 12.9. The average molecular weight is 260 g/mol. The van der Waals surface area contributed by atoms with Gasteiger partial charge in [0.05, 0.1) is 12.2 Å². The summed E-state index contributed by atoms with van der Waals surface area (Å²) in [5, 5.41) is 0. The second kappa shape index (κ2) is 5.91. The number of ether oxygens (including phenoxy) is 1. The Morgan fingerprint density at radius 2 is 1.79 bits per heavy atom. The number of aromatic nitrogens is 1. The lowest BCUT2D eigenvalue weighted by Crippen LogP contribution is -2.38. The first-order chi connectivity index (χ1) is 9.33. The second-order valence-corrected chi connectivity index (χ2v) is 5.89. The number of pyridine rings is 1. The summed E-state index contributed by atoms with van der Waals surface area (Å²) >= 11 is 0. The molecule has 1 aromatic heterocycles. The quantitative estimate of drug-likeness (QED) is 0.833. The third kappa shape index (κ3) is 3.08. The van der Waals surface area contributed by atoms with E-state index in [1.54, 1.807) is 0 Å². The molecule has 0 radical (unpaired) electrons. The van der Waals surface area contributed by atoms with Crippen LogP contribution in [0.3, 0.4) is 0 Å². The van der Waals surface area contributed by atoms with Gasteiger partial charge in [0.15, 0.2) is 0 Å². The largest absolute Gasteiger partial charge is 0.375 e. The summed E-state index contributed by atoms with van der Waals surface area (Å²) < 4.78 is 6.23. The molecular weight excluding hydrogens is 236 g/mol. The zero-order valence-corrected chi connectivity index (χ0v) is 11.8. The van der Waals surface area contributed by atoms with Crippen LogP contribution in [0.2, 0.25) is 0 Å². The van der Waals surface area contributed by atoms with Crippen LogP contribution in [0.15, 0.2) is 18.5 Å². The van der Waals surface area contributed by atoms with E-state index in [1.165, 1.54) is 36.9 Å². The maximum Gasteiger partial charge on any atom is 0.0612 e. The molecule has 0 N–H and O–H groups in total. The number of anilines is 1. The Hall–Kier alpha value is -1.09. The van der Waals surface area contributed by atoms with Crippen LogP contribution in [0.25, 0.3) is 0 Å². The monoisotopic (exact) mass is 260 g/mol. The fraction of sp³-hybridized carbons (Fsp3) is 0.688. The third-order valence-electron chi connectivity index (χ3n) is 4.46. The van der Waals surface area contributed by atoms with E-state index in [-0.39, 0.29) is 0 Å². The summed E-state index contributed by atoms with van der Waals surface area (Å²) in [4.78, 5) is 6.65. The van der Waals surface area contributed by atoms with E-state index >= 15 is 0 Å². The maximum absolute atomic E-state index is 6.23. The van der Waals surface area contributed by atoms with Crippen molar-refractivity contribution in [1.82, 2.24) is 4.98 Å². The van der Waals surface area contributed by atoms with Crippen LogP contribution in [-0.4, -0.2) is 30.3 Å². The molecule has 1 aromatic rings. The van der Waals surface area contributed by atoms with Crippen molar-refractivity contribution in [2.45, 2.75) is 57.7 Å². The van der Waals surface area contributed by atoms with Gasteiger partial charge < -0.3 is 9.64 Å². The summed E-state index contributed by atoms with van der Waals surface area (Å²) in [7, 11) is 0. The fourth-order valence-corrected chi connectivity index (χ4v) is 3.35. The van der Waals surface area contributed by atoms with Gasteiger partial charge in [0, 0.05) is 31.2 Å². The molecule has 1 saturated heterocycles. The molecular formula is C16H24N2O. The third-order valence-corrected chi connectivity index (χ3v) is 4.46. The van der Waals surface area contributed by atoms with E-state index in [2.05, 4.69) is 22.9 Å². The lowest BCUT2D eigenvalue weighted by atomic mass is 10.1. The molecule has 1 saturated carbocycles. The van der Waals surface area contributed by atoms with Crippen LogP contribution in [0, 0.1) is 6.92 Å². The molecule has 1 aliphatic heterocycles. The zero-order chi connectivity index (χ0) is 13.1. The van der Waals surface area contributed by atoms with E-state index in [1.807, 2.05) is 12.4 Å². The van der Waals surface area contributed by atoms with Gasteiger partial charge in [-0.05, 0) is 44.2 Å². The summed E-state index contributed by atoms with van der Waals surface area (Å²) in [6.07, 6.45) is 12.5. The number of hydrogen-bond acceptors (Lipinski definition) is 3. The Morgan fingerprint density at radius 3 is 2.47 bits per heavy atom. The average Bonchev–Trinajstić information content (AvgIpc) is 2.93. The van der Waals surface area contributed by atoms with Crippen LogP contribution in [0.1, 0.15) is 44.1 Å². The van der Waals surface area contributed by atoms with Gasteiger partial charge in [-0.1, -0.05) is 12.8 Å². The van der Waals surface area contributed by atoms with Crippen LogP contribution < -0.4 is 4.90 Å². The molecule has 0 unspecified atom stereocenters. The lowest BCUT2D eigenvalue weighted by Gasteiger charge is -2.35. The maximum atomic E-state index is 6.23. The summed E-state index contributed by atoms with van der Waals surface area (Å²) in [5.74, 6) is 0. The standard InChI is InChI=1S/C16H24N2O/c1-13-12-17-9-6-16(13)18-10-7-15(8-11-18)19-14-4-2-3-5-14/h6,9,12,14-15H,2-5,7-8,10-11H2,1H3. The minimum Gasteiger partial charge on any atom is -0.375 e. The molecule has 0 aromatic carbocycles. The van der Waals surface area contributed by atoms with Crippen molar-refractivity contribution in [2.75, 3.05) is 18.0 Å². The number of rotatable bonds is 3. The van der Waals surface area contributed by atoms with Crippen molar-refractivity contribution in [2.24, 2.45) is 0 Å². The topological polar surface area (TPSA) is 25.4 Å². The van der Waals surface area contributed by atoms with E-state index in [0.717, 1.165) is 25.9 Å². The first-order valence-electron chi connectivity index (χ1n) is 7.64. The second-order valence-electron chi connectivity index (χ2n) is 5.89. The van der Waals surface area contributed by atoms with Crippen LogP contribution in [0.5, 0.6) is 0 Å².